The zero-order valence-corrected chi connectivity index (χ0v) is 14.8. The van der Waals surface area contributed by atoms with Crippen molar-refractivity contribution < 1.29 is 14.3 Å². The Morgan fingerprint density at radius 3 is 2.79 bits per heavy atom. The van der Waals surface area contributed by atoms with Crippen LogP contribution < -0.4 is 20.1 Å². The van der Waals surface area contributed by atoms with Crippen LogP contribution in [0.25, 0.3) is 0 Å². The number of nitrogens with zero attached hydrogens (tertiary/aromatic N) is 1. The first-order valence-corrected chi connectivity index (χ1v) is 8.72. The van der Waals surface area contributed by atoms with Gasteiger partial charge in [-0.15, -0.1) is 0 Å². The Morgan fingerprint density at radius 2 is 2.04 bits per heavy atom. The molecule has 3 rings (SSSR count). The van der Waals surface area contributed by atoms with E-state index in [4.69, 9.17) is 9.47 Å². The van der Waals surface area contributed by atoms with E-state index in [1.165, 1.54) is 11.5 Å². The minimum atomic E-state index is -0.154. The van der Waals surface area contributed by atoms with Crippen molar-refractivity contribution >= 4 is 22.4 Å². The summed E-state index contributed by atoms with van der Waals surface area (Å²) in [4.78, 5) is 12.6. The van der Waals surface area contributed by atoms with Gasteiger partial charge in [0.25, 0.3) is 5.91 Å². The van der Waals surface area contributed by atoms with Crippen LogP contribution in [0.15, 0.2) is 18.2 Å². The Balaban J connectivity index is 1.77. The molecule has 1 aliphatic heterocycles. The molecule has 0 aliphatic carbocycles. The minimum Gasteiger partial charge on any atom is -0.490 e. The van der Waals surface area contributed by atoms with Crippen molar-refractivity contribution in [3.05, 3.63) is 35.0 Å². The van der Waals surface area contributed by atoms with Gasteiger partial charge in [-0.2, -0.15) is 4.37 Å². The Labute approximate surface area is 145 Å². The molecular weight excluding hydrogens is 326 g/mol. The van der Waals surface area contributed by atoms with E-state index in [1.54, 1.807) is 7.05 Å². The van der Waals surface area contributed by atoms with Gasteiger partial charge in [0, 0.05) is 13.5 Å². The Morgan fingerprint density at radius 1 is 1.29 bits per heavy atom. The third-order valence-corrected chi connectivity index (χ3v) is 4.89. The second-order valence-electron chi connectivity index (χ2n) is 5.67. The lowest BCUT2D eigenvalue weighted by atomic mass is 10.1. The highest BCUT2D eigenvalue weighted by molar-refractivity contribution is 7.10. The predicted molar refractivity (Wildman–Crippen MR) is 94.3 cm³/mol. The summed E-state index contributed by atoms with van der Waals surface area (Å²) in [6, 6.07) is 5.63. The number of anilines is 1. The zero-order valence-electron chi connectivity index (χ0n) is 14.0. The fourth-order valence-corrected chi connectivity index (χ4v) is 3.35. The molecule has 6 nitrogen and oxygen atoms in total. The van der Waals surface area contributed by atoms with Gasteiger partial charge >= 0.3 is 0 Å². The molecule has 0 bridgehead atoms. The van der Waals surface area contributed by atoms with Gasteiger partial charge in [-0.1, -0.05) is 6.07 Å². The van der Waals surface area contributed by atoms with Gasteiger partial charge in [-0.25, -0.2) is 0 Å². The van der Waals surface area contributed by atoms with Gasteiger partial charge in [0.1, 0.15) is 5.00 Å². The number of rotatable bonds is 4. The van der Waals surface area contributed by atoms with E-state index in [1.807, 2.05) is 32.0 Å². The summed E-state index contributed by atoms with van der Waals surface area (Å²) in [6.45, 7) is 5.09. The van der Waals surface area contributed by atoms with Gasteiger partial charge in [0.2, 0.25) is 0 Å². The summed E-state index contributed by atoms with van der Waals surface area (Å²) in [7, 11) is 1.79. The highest BCUT2D eigenvalue weighted by atomic mass is 32.1. The molecule has 1 atom stereocenters. The Kier molecular flexibility index (Phi) is 4.89. The van der Waals surface area contributed by atoms with Gasteiger partial charge in [-0.05, 0) is 43.1 Å². The van der Waals surface area contributed by atoms with Gasteiger partial charge in [0.05, 0.1) is 30.5 Å². The first-order chi connectivity index (χ1) is 11.6. The van der Waals surface area contributed by atoms with Crippen LogP contribution in [0, 0.1) is 6.92 Å². The summed E-state index contributed by atoms with van der Waals surface area (Å²) < 4.78 is 15.6. The average molecular weight is 347 g/mol. The fourth-order valence-electron chi connectivity index (χ4n) is 2.61. The van der Waals surface area contributed by atoms with Gasteiger partial charge < -0.3 is 20.1 Å². The topological polar surface area (TPSA) is 72.5 Å². The normalized spacial score (nSPS) is 14.6. The van der Waals surface area contributed by atoms with Crippen molar-refractivity contribution in [2.75, 3.05) is 25.6 Å². The number of carbonyl (C=O) groups excluding carboxylic acids is 1. The molecule has 24 heavy (non-hydrogen) atoms. The molecule has 2 N–H and O–H groups in total. The maximum Gasteiger partial charge on any atom is 0.256 e. The van der Waals surface area contributed by atoms with Gasteiger partial charge in [0.15, 0.2) is 11.5 Å². The van der Waals surface area contributed by atoms with Crippen LogP contribution in [0.1, 0.15) is 41.0 Å². The number of aromatic nitrogens is 1. The number of nitrogens with one attached hydrogen (secondary N) is 2. The van der Waals surface area contributed by atoms with Crippen LogP contribution >= 0.6 is 11.5 Å². The third kappa shape index (κ3) is 3.31. The summed E-state index contributed by atoms with van der Waals surface area (Å²) in [5.41, 5.74) is 2.30. The highest BCUT2D eigenvalue weighted by Crippen LogP contribution is 2.32. The molecule has 0 spiro atoms. The molecule has 2 heterocycles. The van der Waals surface area contributed by atoms with E-state index in [0.717, 1.165) is 34.2 Å². The smallest absolute Gasteiger partial charge is 0.256 e. The van der Waals surface area contributed by atoms with E-state index in [2.05, 4.69) is 15.0 Å². The molecule has 0 saturated heterocycles. The Hall–Kier alpha value is -2.28. The highest BCUT2D eigenvalue weighted by Gasteiger charge is 2.21. The maximum atomic E-state index is 12.6. The number of fused-ring (bicyclic) bond motifs is 1. The monoisotopic (exact) mass is 347 g/mol. The molecule has 1 amide bonds. The molecule has 7 heteroatoms. The molecule has 1 aliphatic rings. The van der Waals surface area contributed by atoms with Crippen molar-refractivity contribution in [3.63, 3.8) is 0 Å². The zero-order chi connectivity index (χ0) is 17.1. The molecular formula is C17H21N3O3S. The molecule has 128 valence electrons. The number of aryl methyl sites for hydroxylation is 1. The molecule has 0 saturated carbocycles. The lowest BCUT2D eigenvalue weighted by molar-refractivity contribution is 0.0940. The first kappa shape index (κ1) is 16.6. The van der Waals surface area contributed by atoms with Crippen LogP contribution in [-0.4, -0.2) is 30.5 Å². The van der Waals surface area contributed by atoms with Crippen LogP contribution in [0.5, 0.6) is 11.5 Å². The van der Waals surface area contributed by atoms with Crippen molar-refractivity contribution in [1.82, 2.24) is 9.69 Å². The first-order valence-electron chi connectivity index (χ1n) is 7.94. The number of hydrogen-bond donors (Lipinski definition) is 2. The largest absolute Gasteiger partial charge is 0.490 e. The van der Waals surface area contributed by atoms with Crippen molar-refractivity contribution in [3.8, 4) is 11.5 Å². The molecule has 0 fully saturated rings. The molecule has 1 aromatic carbocycles. The lowest BCUT2D eigenvalue weighted by Gasteiger charge is -2.17. The molecule has 2 aromatic rings. The lowest BCUT2D eigenvalue weighted by Crippen LogP contribution is -2.27. The fraction of sp³-hybridized carbons (Fsp3) is 0.412. The van der Waals surface area contributed by atoms with Crippen molar-refractivity contribution in [2.45, 2.75) is 26.3 Å². The molecule has 0 unspecified atom stereocenters. The summed E-state index contributed by atoms with van der Waals surface area (Å²) >= 11 is 1.29. The van der Waals surface area contributed by atoms with Crippen LogP contribution in [-0.2, 0) is 0 Å². The second kappa shape index (κ2) is 7.09. The third-order valence-electron chi connectivity index (χ3n) is 3.94. The van der Waals surface area contributed by atoms with Crippen molar-refractivity contribution in [2.24, 2.45) is 0 Å². The van der Waals surface area contributed by atoms with Gasteiger partial charge in [-0.3, -0.25) is 4.79 Å². The van der Waals surface area contributed by atoms with E-state index in [-0.39, 0.29) is 11.9 Å². The number of hydrogen-bond acceptors (Lipinski definition) is 6. The quantitative estimate of drug-likeness (QED) is 0.889. The SMILES string of the molecule is CNc1snc(C)c1C(=O)N[C@@H](C)c1ccc2c(c1)OCCCO2. The Bertz CT molecular complexity index is 745. The van der Waals surface area contributed by atoms with Crippen LogP contribution in [0.2, 0.25) is 0 Å². The number of ether oxygens (including phenoxy) is 2. The predicted octanol–water partition coefficient (Wildman–Crippen LogP) is 3.15. The van der Waals surface area contributed by atoms with E-state index in [9.17, 15) is 4.79 Å². The van der Waals surface area contributed by atoms with E-state index >= 15 is 0 Å². The average Bonchev–Trinajstić information content (AvgIpc) is 2.80. The van der Waals surface area contributed by atoms with E-state index < -0.39 is 0 Å². The maximum absolute atomic E-state index is 12.6. The number of amides is 1. The number of carbonyl (C=O) groups is 1. The van der Waals surface area contributed by atoms with Crippen LogP contribution in [0.3, 0.4) is 0 Å². The number of benzene rings is 1. The molecule has 1 aromatic heterocycles. The summed E-state index contributed by atoms with van der Waals surface area (Å²) in [5, 5.41) is 6.82. The van der Waals surface area contributed by atoms with Crippen molar-refractivity contribution in [1.29, 1.82) is 0 Å². The second-order valence-corrected chi connectivity index (χ2v) is 6.45. The van der Waals surface area contributed by atoms with Crippen LogP contribution in [0.4, 0.5) is 5.00 Å². The summed E-state index contributed by atoms with van der Waals surface area (Å²) in [5.74, 6) is 1.35. The summed E-state index contributed by atoms with van der Waals surface area (Å²) in [6.07, 6.45) is 0.869. The minimum absolute atomic E-state index is 0.134. The molecule has 0 radical (unpaired) electrons. The standard InChI is InChI=1S/C17H21N3O3S/c1-10(19-16(21)15-11(2)20-24-17(15)18-3)12-5-6-13-14(9-12)23-8-4-7-22-13/h5-6,9-10,18H,4,7-8H2,1-3H3,(H,19,21)/t10-/m0/s1. The van der Waals surface area contributed by atoms with E-state index in [0.29, 0.717) is 18.8 Å².